The number of ketones is 1. The first kappa shape index (κ1) is 11.5. The van der Waals surface area contributed by atoms with Crippen LogP contribution < -0.4 is 5.32 Å². The number of nitrogens with one attached hydrogen (secondary N) is 1. The molecule has 84 valence electrons. The van der Waals surface area contributed by atoms with Crippen LogP contribution in [-0.4, -0.2) is 12.3 Å². The minimum absolute atomic E-state index is 0.0389. The standard InChI is InChI=1S/C12H11Cl2NO/c13-10-4-3-8(6-11(10)14)12(16)7-9-2-1-5-15-9/h3-4,6-7,15H,1-2,5H2/b9-7+. The van der Waals surface area contributed by atoms with Gasteiger partial charge in [-0.3, -0.25) is 4.79 Å². The van der Waals surface area contributed by atoms with Crippen molar-refractivity contribution in [2.24, 2.45) is 0 Å². The summed E-state index contributed by atoms with van der Waals surface area (Å²) in [5.74, 6) is -0.0389. The molecule has 1 aliphatic heterocycles. The topological polar surface area (TPSA) is 29.1 Å². The van der Waals surface area contributed by atoms with Crippen molar-refractivity contribution in [3.05, 3.63) is 45.6 Å². The van der Waals surface area contributed by atoms with Gasteiger partial charge in [0.1, 0.15) is 0 Å². The van der Waals surface area contributed by atoms with Crippen LogP contribution in [0.15, 0.2) is 30.0 Å². The van der Waals surface area contributed by atoms with Crippen LogP contribution in [0, 0.1) is 0 Å². The van der Waals surface area contributed by atoms with Crippen LogP contribution in [0.25, 0.3) is 0 Å². The number of carbonyl (C=O) groups is 1. The highest BCUT2D eigenvalue weighted by molar-refractivity contribution is 6.42. The van der Waals surface area contributed by atoms with Crippen LogP contribution in [0.3, 0.4) is 0 Å². The summed E-state index contributed by atoms with van der Waals surface area (Å²) >= 11 is 11.6. The van der Waals surface area contributed by atoms with Gasteiger partial charge in [0.25, 0.3) is 0 Å². The van der Waals surface area contributed by atoms with Crippen LogP contribution in [-0.2, 0) is 0 Å². The highest BCUT2D eigenvalue weighted by Gasteiger charge is 2.10. The summed E-state index contributed by atoms with van der Waals surface area (Å²) in [6.07, 6.45) is 3.65. The van der Waals surface area contributed by atoms with Gasteiger partial charge < -0.3 is 5.32 Å². The molecule has 0 saturated carbocycles. The van der Waals surface area contributed by atoms with E-state index in [9.17, 15) is 4.79 Å². The Balaban J connectivity index is 2.20. The lowest BCUT2D eigenvalue weighted by molar-refractivity contribution is 0.104. The predicted octanol–water partition coefficient (Wildman–Crippen LogP) is 3.44. The molecule has 0 radical (unpaired) electrons. The van der Waals surface area contributed by atoms with Crippen LogP contribution in [0.2, 0.25) is 10.0 Å². The van der Waals surface area contributed by atoms with E-state index in [4.69, 9.17) is 23.2 Å². The van der Waals surface area contributed by atoms with Crippen molar-refractivity contribution < 1.29 is 4.79 Å². The van der Waals surface area contributed by atoms with Crippen LogP contribution >= 0.6 is 23.2 Å². The van der Waals surface area contributed by atoms with E-state index < -0.39 is 0 Å². The van der Waals surface area contributed by atoms with Crippen LogP contribution in [0.4, 0.5) is 0 Å². The number of benzene rings is 1. The Hall–Kier alpha value is -0.990. The van der Waals surface area contributed by atoms with E-state index in [1.807, 2.05) is 0 Å². The van der Waals surface area contributed by atoms with Crippen molar-refractivity contribution in [1.82, 2.24) is 5.32 Å². The zero-order valence-corrected chi connectivity index (χ0v) is 10.1. The van der Waals surface area contributed by atoms with Gasteiger partial charge in [-0.25, -0.2) is 0 Å². The fraction of sp³-hybridized carbons (Fsp3) is 0.250. The van der Waals surface area contributed by atoms with E-state index in [2.05, 4.69) is 5.32 Å². The maximum atomic E-state index is 11.8. The highest BCUT2D eigenvalue weighted by Crippen LogP contribution is 2.23. The first-order valence-electron chi connectivity index (χ1n) is 5.10. The lowest BCUT2D eigenvalue weighted by Crippen LogP contribution is -2.06. The van der Waals surface area contributed by atoms with Crippen molar-refractivity contribution in [2.45, 2.75) is 12.8 Å². The zero-order chi connectivity index (χ0) is 11.5. The predicted molar refractivity (Wildman–Crippen MR) is 66.1 cm³/mol. The third-order valence-electron chi connectivity index (χ3n) is 2.48. The minimum Gasteiger partial charge on any atom is -0.388 e. The Labute approximate surface area is 104 Å². The molecular formula is C12H11Cl2NO. The number of carbonyl (C=O) groups excluding carboxylic acids is 1. The fourth-order valence-corrected chi connectivity index (χ4v) is 1.93. The summed E-state index contributed by atoms with van der Waals surface area (Å²) in [4.78, 5) is 11.8. The third kappa shape index (κ3) is 2.57. The Morgan fingerprint density at radius 3 is 2.75 bits per heavy atom. The molecule has 2 nitrogen and oxygen atoms in total. The summed E-state index contributed by atoms with van der Waals surface area (Å²) in [7, 11) is 0. The van der Waals surface area contributed by atoms with Gasteiger partial charge in [-0.2, -0.15) is 0 Å². The van der Waals surface area contributed by atoms with Crippen molar-refractivity contribution >= 4 is 29.0 Å². The monoisotopic (exact) mass is 255 g/mol. The molecule has 0 aliphatic carbocycles. The van der Waals surface area contributed by atoms with Gasteiger partial charge >= 0.3 is 0 Å². The normalized spacial score (nSPS) is 17.5. The van der Waals surface area contributed by atoms with Gasteiger partial charge in [-0.15, -0.1) is 0 Å². The quantitative estimate of drug-likeness (QED) is 0.648. The SMILES string of the molecule is O=C(/C=C1\CCCN1)c1ccc(Cl)c(Cl)c1. The molecule has 1 heterocycles. The summed E-state index contributed by atoms with van der Waals surface area (Å²) in [5, 5.41) is 4.03. The van der Waals surface area contributed by atoms with E-state index in [0.717, 1.165) is 25.1 Å². The molecule has 0 bridgehead atoms. The summed E-state index contributed by atoms with van der Waals surface area (Å²) in [6.45, 7) is 0.945. The molecule has 1 saturated heterocycles. The second kappa shape index (κ2) is 4.89. The van der Waals surface area contributed by atoms with E-state index >= 15 is 0 Å². The van der Waals surface area contributed by atoms with Crippen molar-refractivity contribution in [2.75, 3.05) is 6.54 Å². The first-order valence-corrected chi connectivity index (χ1v) is 5.86. The number of rotatable bonds is 2. The number of hydrogen-bond acceptors (Lipinski definition) is 2. The summed E-state index contributed by atoms with van der Waals surface area (Å²) in [6, 6.07) is 4.92. The lowest BCUT2D eigenvalue weighted by Gasteiger charge is -2.01. The molecule has 0 amide bonds. The molecule has 1 aromatic rings. The molecule has 1 N–H and O–H groups in total. The number of hydrogen-bond donors (Lipinski definition) is 1. The second-order valence-electron chi connectivity index (χ2n) is 3.69. The molecule has 1 aromatic carbocycles. The molecule has 4 heteroatoms. The Kier molecular flexibility index (Phi) is 3.52. The maximum Gasteiger partial charge on any atom is 0.187 e. The van der Waals surface area contributed by atoms with E-state index in [1.165, 1.54) is 0 Å². The smallest absolute Gasteiger partial charge is 0.187 e. The third-order valence-corrected chi connectivity index (χ3v) is 3.22. The Bertz CT molecular complexity index is 446. The highest BCUT2D eigenvalue weighted by atomic mass is 35.5. The van der Waals surface area contributed by atoms with Crippen molar-refractivity contribution in [1.29, 1.82) is 0 Å². The van der Waals surface area contributed by atoms with Crippen molar-refractivity contribution in [3.8, 4) is 0 Å². The van der Waals surface area contributed by atoms with Crippen LogP contribution in [0.1, 0.15) is 23.2 Å². The Morgan fingerprint density at radius 2 is 2.12 bits per heavy atom. The second-order valence-corrected chi connectivity index (χ2v) is 4.51. The van der Waals surface area contributed by atoms with E-state index in [-0.39, 0.29) is 5.78 Å². The lowest BCUT2D eigenvalue weighted by atomic mass is 10.1. The molecule has 0 aromatic heterocycles. The van der Waals surface area contributed by atoms with Crippen LogP contribution in [0.5, 0.6) is 0 Å². The molecule has 0 atom stereocenters. The molecule has 1 fully saturated rings. The molecule has 0 spiro atoms. The maximum absolute atomic E-state index is 11.8. The first-order chi connectivity index (χ1) is 7.66. The van der Waals surface area contributed by atoms with Gasteiger partial charge in [0.05, 0.1) is 10.0 Å². The Morgan fingerprint density at radius 1 is 1.31 bits per heavy atom. The van der Waals surface area contributed by atoms with Gasteiger partial charge in [-0.05, 0) is 31.0 Å². The van der Waals surface area contributed by atoms with Gasteiger partial charge in [-0.1, -0.05) is 23.2 Å². The largest absolute Gasteiger partial charge is 0.388 e. The van der Waals surface area contributed by atoms with Crippen molar-refractivity contribution in [3.63, 3.8) is 0 Å². The molecule has 0 unspecified atom stereocenters. The van der Waals surface area contributed by atoms with Gasteiger partial charge in [0.2, 0.25) is 0 Å². The average Bonchev–Trinajstić information content (AvgIpc) is 2.74. The average molecular weight is 256 g/mol. The van der Waals surface area contributed by atoms with E-state index in [0.29, 0.717) is 15.6 Å². The molecule has 2 rings (SSSR count). The van der Waals surface area contributed by atoms with Gasteiger partial charge in [0, 0.05) is 23.9 Å². The minimum atomic E-state index is -0.0389. The molecular weight excluding hydrogens is 245 g/mol. The number of allylic oxidation sites excluding steroid dienone is 2. The fourth-order valence-electron chi connectivity index (χ4n) is 1.63. The zero-order valence-electron chi connectivity index (χ0n) is 8.59. The summed E-state index contributed by atoms with van der Waals surface area (Å²) < 4.78 is 0. The van der Waals surface area contributed by atoms with Gasteiger partial charge in [0.15, 0.2) is 5.78 Å². The van der Waals surface area contributed by atoms with E-state index in [1.54, 1.807) is 24.3 Å². The molecule has 16 heavy (non-hydrogen) atoms. The molecule has 1 aliphatic rings. The summed E-state index contributed by atoms with van der Waals surface area (Å²) in [5.41, 5.74) is 1.56. The number of halogens is 2.